The summed E-state index contributed by atoms with van der Waals surface area (Å²) in [7, 11) is 4.51. The minimum absolute atomic E-state index is 0.00801. The Morgan fingerprint density at radius 1 is 1.18 bits per heavy atom. The second kappa shape index (κ2) is 9.88. The Balaban J connectivity index is 1.77. The fourth-order valence-electron chi connectivity index (χ4n) is 4.17. The zero-order valence-corrected chi connectivity index (χ0v) is 19.9. The van der Waals surface area contributed by atoms with Gasteiger partial charge in [-0.3, -0.25) is 4.79 Å². The molecule has 0 bridgehead atoms. The van der Waals surface area contributed by atoms with Gasteiger partial charge in [0.05, 0.1) is 58.3 Å². The molecule has 1 aromatic carbocycles. The van der Waals surface area contributed by atoms with Crippen LogP contribution < -0.4 is 9.47 Å². The smallest absolute Gasteiger partial charge is 0.338 e. The predicted octanol–water partition coefficient (Wildman–Crippen LogP) is 2.70. The van der Waals surface area contributed by atoms with E-state index in [2.05, 4.69) is 4.99 Å². The van der Waals surface area contributed by atoms with E-state index in [1.807, 2.05) is 16.4 Å². The molecule has 3 heterocycles. The standard InChI is InChI=1S/C23H27N3O6S/c1-14-20(22(28)31-4)21(17-12-16(29-2)5-6-18(17)30-3)26-15(13-33-23(26)24-14)11-19(27)25-7-9-32-10-8-25/h5-6,12-13,21H,7-11H2,1-4H3/t21-/m0/s1. The van der Waals surface area contributed by atoms with Gasteiger partial charge in [0, 0.05) is 24.4 Å². The normalized spacial score (nSPS) is 20.2. The Kier molecular flexibility index (Phi) is 6.94. The van der Waals surface area contributed by atoms with Crippen molar-refractivity contribution in [3.05, 3.63) is 46.1 Å². The molecule has 0 aromatic heterocycles. The highest BCUT2D eigenvalue weighted by atomic mass is 32.2. The number of carbonyl (C=O) groups excluding carboxylic acids is 2. The van der Waals surface area contributed by atoms with Gasteiger partial charge in [0.25, 0.3) is 0 Å². The number of nitrogens with zero attached hydrogens (tertiary/aromatic N) is 3. The summed E-state index contributed by atoms with van der Waals surface area (Å²) < 4.78 is 21.6. The number of methoxy groups -OCH3 is 3. The van der Waals surface area contributed by atoms with Crippen molar-refractivity contribution in [1.29, 1.82) is 0 Å². The van der Waals surface area contributed by atoms with Crippen molar-refractivity contribution in [2.75, 3.05) is 47.6 Å². The van der Waals surface area contributed by atoms with Gasteiger partial charge in [-0.25, -0.2) is 9.79 Å². The zero-order chi connectivity index (χ0) is 23.5. The van der Waals surface area contributed by atoms with Crippen LogP contribution in [0.2, 0.25) is 0 Å². The average Bonchev–Trinajstić information content (AvgIpc) is 3.24. The lowest BCUT2D eigenvalue weighted by molar-refractivity contribution is -0.136. The van der Waals surface area contributed by atoms with Crippen LogP contribution >= 0.6 is 11.8 Å². The quantitative estimate of drug-likeness (QED) is 0.583. The van der Waals surface area contributed by atoms with E-state index in [9.17, 15) is 9.59 Å². The van der Waals surface area contributed by atoms with Gasteiger partial charge in [0.2, 0.25) is 5.91 Å². The predicted molar refractivity (Wildman–Crippen MR) is 124 cm³/mol. The summed E-state index contributed by atoms with van der Waals surface area (Å²) in [6, 6.07) is 4.85. The molecule has 1 atom stereocenters. The molecule has 1 fully saturated rings. The molecular formula is C23H27N3O6S. The molecular weight excluding hydrogens is 446 g/mol. The summed E-state index contributed by atoms with van der Waals surface area (Å²) in [5, 5.41) is 2.62. The summed E-state index contributed by atoms with van der Waals surface area (Å²) in [4.78, 5) is 34.3. The first-order valence-electron chi connectivity index (χ1n) is 10.6. The SMILES string of the molecule is COC(=O)C1=C(C)N=C2SC=C(CC(=O)N3CCOCC3)N2[C@H]1c1cc(OC)ccc1OC. The fraction of sp³-hybridized carbons (Fsp3) is 0.435. The maximum atomic E-state index is 13.0. The van der Waals surface area contributed by atoms with Crippen molar-refractivity contribution in [2.24, 2.45) is 4.99 Å². The highest BCUT2D eigenvalue weighted by molar-refractivity contribution is 8.16. The number of ether oxygens (including phenoxy) is 4. The third-order valence-electron chi connectivity index (χ3n) is 5.83. The van der Waals surface area contributed by atoms with Crippen LogP contribution in [0.1, 0.15) is 24.9 Å². The third kappa shape index (κ3) is 4.45. The number of hydrogen-bond acceptors (Lipinski definition) is 9. The molecule has 0 radical (unpaired) electrons. The number of morpholine rings is 1. The summed E-state index contributed by atoms with van der Waals surface area (Å²) in [5.41, 5.74) is 2.43. The number of esters is 1. The lowest BCUT2D eigenvalue weighted by atomic mass is 9.92. The minimum Gasteiger partial charge on any atom is -0.497 e. The lowest BCUT2D eigenvalue weighted by Crippen LogP contribution is -2.42. The highest BCUT2D eigenvalue weighted by Crippen LogP contribution is 2.47. The lowest BCUT2D eigenvalue weighted by Gasteiger charge is -2.37. The number of hydrogen-bond donors (Lipinski definition) is 0. The molecule has 0 N–H and O–H groups in total. The van der Waals surface area contributed by atoms with E-state index in [-0.39, 0.29) is 12.3 Å². The van der Waals surface area contributed by atoms with Crippen molar-refractivity contribution < 1.29 is 28.5 Å². The van der Waals surface area contributed by atoms with E-state index in [1.54, 1.807) is 38.2 Å². The second-order valence-corrected chi connectivity index (χ2v) is 8.50. The fourth-order valence-corrected chi connectivity index (χ4v) is 5.13. The molecule has 1 saturated heterocycles. The van der Waals surface area contributed by atoms with Crippen molar-refractivity contribution in [3.8, 4) is 11.5 Å². The van der Waals surface area contributed by atoms with Crippen LogP contribution in [0.3, 0.4) is 0 Å². The second-order valence-electron chi connectivity index (χ2n) is 7.66. The Bertz CT molecular complexity index is 1040. The third-order valence-corrected chi connectivity index (χ3v) is 6.72. The topological polar surface area (TPSA) is 89.9 Å². The minimum atomic E-state index is -0.589. The van der Waals surface area contributed by atoms with Crippen LogP contribution in [-0.2, 0) is 19.1 Å². The molecule has 1 aromatic rings. The maximum Gasteiger partial charge on any atom is 0.338 e. The molecule has 0 spiro atoms. The number of amidine groups is 1. The summed E-state index contributed by atoms with van der Waals surface area (Å²) in [6.07, 6.45) is 0.183. The number of amides is 1. The molecule has 4 rings (SSSR count). The van der Waals surface area contributed by atoms with Crippen LogP contribution in [0.5, 0.6) is 11.5 Å². The molecule has 0 aliphatic carbocycles. The van der Waals surface area contributed by atoms with E-state index in [4.69, 9.17) is 18.9 Å². The monoisotopic (exact) mass is 473 g/mol. The molecule has 10 heteroatoms. The number of rotatable bonds is 6. The van der Waals surface area contributed by atoms with E-state index < -0.39 is 12.0 Å². The number of aliphatic imine (C=N–C) groups is 1. The molecule has 0 saturated carbocycles. The molecule has 3 aliphatic heterocycles. The molecule has 1 amide bonds. The number of allylic oxidation sites excluding steroid dienone is 1. The van der Waals surface area contributed by atoms with E-state index in [0.29, 0.717) is 54.2 Å². The van der Waals surface area contributed by atoms with Gasteiger partial charge in [-0.2, -0.15) is 0 Å². The number of fused-ring (bicyclic) bond motifs is 1. The molecule has 9 nitrogen and oxygen atoms in total. The zero-order valence-electron chi connectivity index (χ0n) is 19.1. The van der Waals surface area contributed by atoms with E-state index >= 15 is 0 Å². The number of benzene rings is 1. The summed E-state index contributed by atoms with van der Waals surface area (Å²) in [5.74, 6) is 0.736. The average molecular weight is 474 g/mol. The van der Waals surface area contributed by atoms with Gasteiger partial charge >= 0.3 is 5.97 Å². The summed E-state index contributed by atoms with van der Waals surface area (Å²) >= 11 is 1.43. The van der Waals surface area contributed by atoms with Crippen molar-refractivity contribution in [2.45, 2.75) is 19.4 Å². The van der Waals surface area contributed by atoms with E-state index in [0.717, 1.165) is 11.3 Å². The van der Waals surface area contributed by atoms with Gasteiger partial charge in [-0.05, 0) is 30.5 Å². The molecule has 176 valence electrons. The van der Waals surface area contributed by atoms with Crippen molar-refractivity contribution in [3.63, 3.8) is 0 Å². The Hall–Kier alpha value is -2.98. The van der Waals surface area contributed by atoms with Crippen LogP contribution in [0, 0.1) is 0 Å². The van der Waals surface area contributed by atoms with Gasteiger partial charge in [-0.15, -0.1) is 0 Å². The van der Waals surface area contributed by atoms with Crippen LogP contribution in [0.25, 0.3) is 0 Å². The number of carbonyl (C=O) groups is 2. The van der Waals surface area contributed by atoms with Crippen molar-refractivity contribution in [1.82, 2.24) is 9.80 Å². The van der Waals surface area contributed by atoms with Crippen LogP contribution in [-0.4, -0.2) is 74.5 Å². The first-order valence-corrected chi connectivity index (χ1v) is 11.5. The molecule has 3 aliphatic rings. The van der Waals surface area contributed by atoms with E-state index in [1.165, 1.54) is 18.9 Å². The Morgan fingerprint density at radius 3 is 2.61 bits per heavy atom. The van der Waals surface area contributed by atoms with Crippen molar-refractivity contribution >= 4 is 28.8 Å². The molecule has 33 heavy (non-hydrogen) atoms. The highest BCUT2D eigenvalue weighted by Gasteiger charge is 2.42. The van der Waals surface area contributed by atoms with Gasteiger partial charge in [0.15, 0.2) is 5.17 Å². The van der Waals surface area contributed by atoms with Gasteiger partial charge in [0.1, 0.15) is 11.5 Å². The van der Waals surface area contributed by atoms with Gasteiger partial charge in [-0.1, -0.05) is 11.8 Å². The Morgan fingerprint density at radius 2 is 1.94 bits per heavy atom. The first-order chi connectivity index (χ1) is 16.0. The van der Waals surface area contributed by atoms with Crippen LogP contribution in [0.4, 0.5) is 0 Å². The number of thioether (sulfide) groups is 1. The van der Waals surface area contributed by atoms with Crippen LogP contribution in [0.15, 0.2) is 45.6 Å². The maximum absolute atomic E-state index is 13.0. The largest absolute Gasteiger partial charge is 0.497 e. The Labute approximate surface area is 197 Å². The molecule has 0 unspecified atom stereocenters. The summed E-state index contributed by atoms with van der Waals surface area (Å²) in [6.45, 7) is 4.00. The van der Waals surface area contributed by atoms with Gasteiger partial charge < -0.3 is 28.7 Å². The first kappa shape index (κ1) is 23.2.